The van der Waals surface area contributed by atoms with Gasteiger partial charge in [-0.15, -0.1) is 0 Å². The Hall–Kier alpha value is -3.75. The minimum Gasteiger partial charge on any atom is -0.497 e. The number of nitrogens with one attached hydrogen (secondary N) is 2. The van der Waals surface area contributed by atoms with E-state index < -0.39 is 6.04 Å². The van der Waals surface area contributed by atoms with E-state index in [1.807, 2.05) is 20.8 Å². The second-order valence-corrected chi connectivity index (χ2v) is 9.92. The highest BCUT2D eigenvalue weighted by Gasteiger charge is 2.35. The molecule has 2 aliphatic rings. The lowest BCUT2D eigenvalue weighted by Crippen LogP contribution is -2.55. The summed E-state index contributed by atoms with van der Waals surface area (Å²) in [6.45, 7) is 7.16. The van der Waals surface area contributed by atoms with Gasteiger partial charge in [0.05, 0.1) is 7.11 Å². The van der Waals surface area contributed by atoms with Crippen molar-refractivity contribution in [1.82, 2.24) is 15.5 Å². The first-order valence-electron chi connectivity index (χ1n) is 12.7. The zero-order chi connectivity index (χ0) is 26.5. The van der Waals surface area contributed by atoms with E-state index in [0.717, 1.165) is 0 Å². The van der Waals surface area contributed by atoms with Gasteiger partial charge in [-0.25, -0.2) is 0 Å². The molecule has 2 unspecified atom stereocenters. The maximum absolute atomic E-state index is 13.3. The summed E-state index contributed by atoms with van der Waals surface area (Å²) in [4.78, 5) is 41.3. The van der Waals surface area contributed by atoms with Crippen molar-refractivity contribution < 1.29 is 28.6 Å². The fourth-order valence-corrected chi connectivity index (χ4v) is 4.49. The maximum atomic E-state index is 13.3. The molecule has 2 aromatic carbocycles. The van der Waals surface area contributed by atoms with Gasteiger partial charge in [0, 0.05) is 30.3 Å². The molecule has 37 heavy (non-hydrogen) atoms. The Bertz CT molecular complexity index is 1130. The molecule has 3 amide bonds. The predicted molar refractivity (Wildman–Crippen MR) is 138 cm³/mol. The summed E-state index contributed by atoms with van der Waals surface area (Å²) in [5.74, 6) is 1.38. The molecule has 0 aliphatic carbocycles. The first-order chi connectivity index (χ1) is 17.8. The molecule has 2 aromatic rings. The second-order valence-electron chi connectivity index (χ2n) is 9.92. The summed E-state index contributed by atoms with van der Waals surface area (Å²) >= 11 is 0. The maximum Gasteiger partial charge on any atom is 0.253 e. The van der Waals surface area contributed by atoms with E-state index in [-0.39, 0.29) is 42.4 Å². The SMILES string of the molecule is COc1ccc(C(=O)NC(C(=O)NC(C)C(C)C)C2CCN(C(=O)c3ccc4c(c3)OCO4)CC2)cc1. The summed E-state index contributed by atoms with van der Waals surface area (Å²) in [7, 11) is 1.56. The highest BCUT2D eigenvalue weighted by atomic mass is 16.7. The Morgan fingerprint density at radius 1 is 0.919 bits per heavy atom. The van der Waals surface area contributed by atoms with Gasteiger partial charge in [-0.1, -0.05) is 13.8 Å². The topological polar surface area (TPSA) is 106 Å². The van der Waals surface area contributed by atoms with Crippen molar-refractivity contribution in [2.24, 2.45) is 11.8 Å². The molecular formula is C28H35N3O6. The quantitative estimate of drug-likeness (QED) is 0.566. The molecule has 9 nitrogen and oxygen atoms in total. The van der Waals surface area contributed by atoms with Crippen molar-refractivity contribution in [1.29, 1.82) is 0 Å². The Morgan fingerprint density at radius 2 is 1.57 bits per heavy atom. The minimum atomic E-state index is -0.710. The number of ether oxygens (including phenoxy) is 3. The van der Waals surface area contributed by atoms with E-state index >= 15 is 0 Å². The van der Waals surface area contributed by atoms with Crippen molar-refractivity contribution in [3.63, 3.8) is 0 Å². The van der Waals surface area contributed by atoms with Crippen molar-refractivity contribution in [3.8, 4) is 17.2 Å². The van der Waals surface area contributed by atoms with Crippen molar-refractivity contribution in [2.45, 2.75) is 45.7 Å². The van der Waals surface area contributed by atoms with Gasteiger partial charge in [0.25, 0.3) is 11.8 Å². The zero-order valence-electron chi connectivity index (χ0n) is 21.8. The fourth-order valence-electron chi connectivity index (χ4n) is 4.49. The number of piperidine rings is 1. The van der Waals surface area contributed by atoms with Crippen molar-refractivity contribution in [2.75, 3.05) is 27.0 Å². The first-order valence-corrected chi connectivity index (χ1v) is 12.7. The number of likely N-dealkylation sites (tertiary alicyclic amines) is 1. The van der Waals surface area contributed by atoms with Crippen molar-refractivity contribution >= 4 is 17.7 Å². The van der Waals surface area contributed by atoms with Crippen LogP contribution in [0.15, 0.2) is 42.5 Å². The predicted octanol–water partition coefficient (Wildman–Crippen LogP) is 3.24. The third-order valence-electron chi connectivity index (χ3n) is 7.21. The van der Waals surface area contributed by atoms with Gasteiger partial charge in [-0.05, 0) is 74.1 Å². The van der Waals surface area contributed by atoms with Crippen LogP contribution in [0.2, 0.25) is 0 Å². The molecule has 0 saturated carbocycles. The highest BCUT2D eigenvalue weighted by molar-refractivity contribution is 5.98. The third kappa shape index (κ3) is 6.15. The average Bonchev–Trinajstić information content (AvgIpc) is 3.39. The molecule has 198 valence electrons. The third-order valence-corrected chi connectivity index (χ3v) is 7.21. The van der Waals surface area contributed by atoms with Gasteiger partial charge in [0.15, 0.2) is 11.5 Å². The van der Waals surface area contributed by atoms with Gasteiger partial charge in [0.2, 0.25) is 12.7 Å². The van der Waals surface area contributed by atoms with Crippen LogP contribution in [0.3, 0.4) is 0 Å². The largest absolute Gasteiger partial charge is 0.497 e. The van der Waals surface area contributed by atoms with Crippen LogP contribution in [0.25, 0.3) is 0 Å². The highest BCUT2D eigenvalue weighted by Crippen LogP contribution is 2.33. The standard InChI is InChI=1S/C28H35N3O6/c1-17(2)18(3)29-27(33)25(30-26(32)20-5-8-22(35-4)9-6-20)19-11-13-31(14-12-19)28(34)21-7-10-23-24(15-21)37-16-36-23/h5-10,15,17-19,25H,11-14,16H2,1-4H3,(H,29,33)(H,30,32). The smallest absolute Gasteiger partial charge is 0.253 e. The molecule has 2 atom stereocenters. The lowest BCUT2D eigenvalue weighted by molar-refractivity contribution is -0.125. The Morgan fingerprint density at radius 3 is 2.22 bits per heavy atom. The normalized spacial score (nSPS) is 16.7. The minimum absolute atomic E-state index is 0.0411. The number of nitrogens with zero attached hydrogens (tertiary/aromatic N) is 1. The number of benzene rings is 2. The second kappa shape index (κ2) is 11.5. The molecule has 2 aliphatic heterocycles. The molecule has 2 N–H and O–H groups in total. The Labute approximate surface area is 217 Å². The van der Waals surface area contributed by atoms with Crippen LogP contribution in [-0.2, 0) is 4.79 Å². The molecule has 1 saturated heterocycles. The summed E-state index contributed by atoms with van der Waals surface area (Å²) in [5, 5.41) is 6.02. The van der Waals surface area contributed by atoms with E-state index in [1.54, 1.807) is 54.5 Å². The summed E-state index contributed by atoms with van der Waals surface area (Å²) in [6.07, 6.45) is 1.18. The Kier molecular flexibility index (Phi) is 8.21. The van der Waals surface area contributed by atoms with Crippen LogP contribution < -0.4 is 24.8 Å². The molecule has 0 aromatic heterocycles. The van der Waals surface area contributed by atoms with E-state index in [9.17, 15) is 14.4 Å². The molecule has 2 heterocycles. The molecule has 0 radical (unpaired) electrons. The number of hydrogen-bond donors (Lipinski definition) is 2. The van der Waals surface area contributed by atoms with E-state index in [4.69, 9.17) is 14.2 Å². The molecule has 9 heteroatoms. The molecule has 0 bridgehead atoms. The number of fused-ring (bicyclic) bond motifs is 1. The monoisotopic (exact) mass is 509 g/mol. The van der Waals surface area contributed by atoms with Crippen LogP contribution in [0.1, 0.15) is 54.3 Å². The molecule has 0 spiro atoms. The zero-order valence-corrected chi connectivity index (χ0v) is 21.8. The van der Waals surface area contributed by atoms with Gasteiger partial charge in [-0.2, -0.15) is 0 Å². The number of hydrogen-bond acceptors (Lipinski definition) is 6. The number of carbonyl (C=O) groups is 3. The number of methoxy groups -OCH3 is 1. The number of amides is 3. The average molecular weight is 510 g/mol. The van der Waals surface area contributed by atoms with Gasteiger partial charge in [0.1, 0.15) is 11.8 Å². The van der Waals surface area contributed by atoms with Crippen LogP contribution in [-0.4, -0.2) is 61.7 Å². The van der Waals surface area contributed by atoms with Gasteiger partial charge >= 0.3 is 0 Å². The summed E-state index contributed by atoms with van der Waals surface area (Å²) in [6, 6.07) is 11.2. The van der Waals surface area contributed by atoms with E-state index in [1.165, 1.54) is 0 Å². The summed E-state index contributed by atoms with van der Waals surface area (Å²) < 4.78 is 15.9. The van der Waals surface area contributed by atoms with Crippen LogP contribution in [0.4, 0.5) is 0 Å². The lowest BCUT2D eigenvalue weighted by atomic mass is 9.87. The molecular weight excluding hydrogens is 474 g/mol. The van der Waals surface area contributed by atoms with E-state index in [2.05, 4.69) is 10.6 Å². The molecule has 1 fully saturated rings. The summed E-state index contributed by atoms with van der Waals surface area (Å²) in [5.41, 5.74) is 0.987. The van der Waals surface area contributed by atoms with Gasteiger partial charge < -0.3 is 29.7 Å². The van der Waals surface area contributed by atoms with Gasteiger partial charge in [-0.3, -0.25) is 14.4 Å². The van der Waals surface area contributed by atoms with Crippen LogP contribution in [0.5, 0.6) is 17.2 Å². The number of rotatable bonds is 8. The lowest BCUT2D eigenvalue weighted by Gasteiger charge is -2.36. The van der Waals surface area contributed by atoms with Crippen LogP contribution in [0, 0.1) is 11.8 Å². The number of carbonyl (C=O) groups excluding carboxylic acids is 3. The van der Waals surface area contributed by atoms with Crippen LogP contribution >= 0.6 is 0 Å². The Balaban J connectivity index is 1.44. The fraction of sp³-hybridized carbons (Fsp3) is 0.464. The van der Waals surface area contributed by atoms with E-state index in [0.29, 0.717) is 54.3 Å². The first kappa shape index (κ1) is 26.3. The molecule has 4 rings (SSSR count). The van der Waals surface area contributed by atoms with Crippen molar-refractivity contribution in [3.05, 3.63) is 53.6 Å².